The summed E-state index contributed by atoms with van der Waals surface area (Å²) in [4.78, 5) is 14.3. The summed E-state index contributed by atoms with van der Waals surface area (Å²) in [7, 11) is 0. The van der Waals surface area contributed by atoms with Crippen LogP contribution >= 0.6 is 0 Å². The fourth-order valence-electron chi connectivity index (χ4n) is 2.58. The maximum atomic E-state index is 12.3. The van der Waals surface area contributed by atoms with Crippen molar-refractivity contribution in [2.45, 2.75) is 39.2 Å². The maximum absolute atomic E-state index is 12.3. The molecule has 0 saturated carbocycles. The van der Waals surface area contributed by atoms with Crippen LogP contribution < -0.4 is 5.32 Å². The lowest BCUT2D eigenvalue weighted by Gasteiger charge is -2.31. The molecule has 3 heteroatoms. The largest absolute Gasteiger partial charge is 0.339 e. The molecule has 2 aliphatic heterocycles. The number of rotatable bonds is 1. The molecule has 3 nitrogen and oxygen atoms in total. The van der Waals surface area contributed by atoms with E-state index >= 15 is 0 Å². The molecule has 2 unspecified atom stereocenters. The maximum Gasteiger partial charge on any atom is 0.230 e. The van der Waals surface area contributed by atoms with E-state index in [1.54, 1.807) is 0 Å². The number of likely N-dealkylation sites (tertiary alicyclic amines) is 1. The predicted molar refractivity (Wildman–Crippen MR) is 56.0 cm³/mol. The predicted octanol–water partition coefficient (Wildman–Crippen LogP) is 0.997. The molecule has 1 N–H and O–H groups in total. The molecule has 0 aromatic heterocycles. The summed E-state index contributed by atoms with van der Waals surface area (Å²) in [6, 6.07) is 0.458. The zero-order valence-electron chi connectivity index (χ0n) is 9.18. The molecule has 2 rings (SSSR count). The van der Waals surface area contributed by atoms with Gasteiger partial charge in [0.25, 0.3) is 0 Å². The highest BCUT2D eigenvalue weighted by molar-refractivity contribution is 5.83. The Morgan fingerprint density at radius 1 is 1.57 bits per heavy atom. The summed E-state index contributed by atoms with van der Waals surface area (Å²) in [5.41, 5.74) is -0.126. The van der Waals surface area contributed by atoms with Gasteiger partial charge in [-0.3, -0.25) is 4.79 Å². The monoisotopic (exact) mass is 196 g/mol. The van der Waals surface area contributed by atoms with Gasteiger partial charge in [0.05, 0.1) is 5.41 Å². The third-order valence-electron chi connectivity index (χ3n) is 3.70. The third-order valence-corrected chi connectivity index (χ3v) is 3.70. The van der Waals surface area contributed by atoms with Gasteiger partial charge in [-0.25, -0.2) is 0 Å². The van der Waals surface area contributed by atoms with Gasteiger partial charge in [-0.2, -0.15) is 0 Å². The molecule has 0 bridgehead atoms. The number of nitrogens with one attached hydrogen (secondary N) is 1. The van der Waals surface area contributed by atoms with Gasteiger partial charge in [0.2, 0.25) is 5.91 Å². The number of carbonyl (C=O) groups is 1. The Morgan fingerprint density at radius 2 is 2.36 bits per heavy atom. The number of amides is 1. The van der Waals surface area contributed by atoms with Crippen molar-refractivity contribution in [1.29, 1.82) is 0 Å². The summed E-state index contributed by atoms with van der Waals surface area (Å²) >= 11 is 0. The molecule has 0 aromatic carbocycles. The first kappa shape index (κ1) is 9.97. The van der Waals surface area contributed by atoms with Crippen LogP contribution in [0.4, 0.5) is 0 Å². The second-order valence-corrected chi connectivity index (χ2v) is 4.98. The normalized spacial score (nSPS) is 37.9. The molecule has 1 amide bonds. The van der Waals surface area contributed by atoms with Crippen molar-refractivity contribution in [2.24, 2.45) is 5.41 Å². The lowest BCUT2D eigenvalue weighted by Crippen LogP contribution is -2.45. The minimum absolute atomic E-state index is 0.126. The summed E-state index contributed by atoms with van der Waals surface area (Å²) in [5.74, 6) is 0.368. The van der Waals surface area contributed by atoms with Gasteiger partial charge < -0.3 is 10.2 Å². The summed E-state index contributed by atoms with van der Waals surface area (Å²) in [6.07, 6.45) is 3.35. The molecule has 80 valence electrons. The fraction of sp³-hybridized carbons (Fsp3) is 0.909. The zero-order valence-corrected chi connectivity index (χ0v) is 9.18. The van der Waals surface area contributed by atoms with Crippen LogP contribution in [0.3, 0.4) is 0 Å². The Bertz CT molecular complexity index is 233. The van der Waals surface area contributed by atoms with E-state index in [0.717, 1.165) is 26.1 Å². The van der Waals surface area contributed by atoms with Crippen molar-refractivity contribution in [3.63, 3.8) is 0 Å². The van der Waals surface area contributed by atoms with E-state index in [2.05, 4.69) is 24.1 Å². The van der Waals surface area contributed by atoms with Gasteiger partial charge >= 0.3 is 0 Å². The zero-order chi connectivity index (χ0) is 10.2. The lowest BCUT2D eigenvalue weighted by molar-refractivity contribution is -0.140. The summed E-state index contributed by atoms with van der Waals surface area (Å²) in [5, 5.41) is 3.28. The molecule has 2 fully saturated rings. The van der Waals surface area contributed by atoms with Crippen LogP contribution in [0.25, 0.3) is 0 Å². The molecule has 0 radical (unpaired) electrons. The first-order chi connectivity index (χ1) is 6.63. The number of hydrogen-bond donors (Lipinski definition) is 1. The second-order valence-electron chi connectivity index (χ2n) is 4.98. The molecule has 2 heterocycles. The molecule has 14 heavy (non-hydrogen) atoms. The number of nitrogens with zero attached hydrogens (tertiary/aromatic N) is 1. The molecule has 0 aromatic rings. The van der Waals surface area contributed by atoms with E-state index in [1.807, 2.05) is 0 Å². The standard InChI is InChI=1S/C11H20N2O/c1-9-4-3-7-13(9)10(14)11(2)5-6-12-8-11/h9,12H,3-8H2,1-2H3. The summed E-state index contributed by atoms with van der Waals surface area (Å²) in [6.45, 7) is 7.08. The highest BCUT2D eigenvalue weighted by atomic mass is 16.2. The Hall–Kier alpha value is -0.570. The van der Waals surface area contributed by atoms with E-state index in [0.29, 0.717) is 11.9 Å². The first-order valence-electron chi connectivity index (χ1n) is 5.65. The number of hydrogen-bond acceptors (Lipinski definition) is 2. The van der Waals surface area contributed by atoms with Gasteiger partial charge in [0.1, 0.15) is 0 Å². The average Bonchev–Trinajstić information content (AvgIpc) is 2.74. The number of carbonyl (C=O) groups excluding carboxylic acids is 1. The van der Waals surface area contributed by atoms with Crippen molar-refractivity contribution in [1.82, 2.24) is 10.2 Å². The first-order valence-corrected chi connectivity index (χ1v) is 5.65. The summed E-state index contributed by atoms with van der Waals surface area (Å²) < 4.78 is 0. The molecule has 2 saturated heterocycles. The fourth-order valence-corrected chi connectivity index (χ4v) is 2.58. The van der Waals surface area contributed by atoms with E-state index in [9.17, 15) is 4.79 Å². The van der Waals surface area contributed by atoms with Crippen LogP contribution in [0.2, 0.25) is 0 Å². The minimum atomic E-state index is -0.126. The van der Waals surface area contributed by atoms with E-state index in [-0.39, 0.29) is 5.41 Å². The SMILES string of the molecule is CC1CCCN1C(=O)C1(C)CCNC1. The van der Waals surface area contributed by atoms with Gasteiger partial charge in [-0.05, 0) is 39.7 Å². The Morgan fingerprint density at radius 3 is 2.86 bits per heavy atom. The molecule has 0 spiro atoms. The van der Waals surface area contributed by atoms with Crippen LogP contribution in [0.1, 0.15) is 33.1 Å². The van der Waals surface area contributed by atoms with Gasteiger partial charge in [0, 0.05) is 19.1 Å². The van der Waals surface area contributed by atoms with Crippen molar-refractivity contribution in [3.8, 4) is 0 Å². The smallest absolute Gasteiger partial charge is 0.230 e. The Kier molecular flexibility index (Phi) is 2.52. The van der Waals surface area contributed by atoms with Crippen molar-refractivity contribution in [2.75, 3.05) is 19.6 Å². The topological polar surface area (TPSA) is 32.3 Å². The minimum Gasteiger partial charge on any atom is -0.339 e. The molecular formula is C11H20N2O. The highest BCUT2D eigenvalue weighted by Gasteiger charge is 2.41. The quantitative estimate of drug-likeness (QED) is 0.678. The molecule has 2 aliphatic rings. The van der Waals surface area contributed by atoms with Gasteiger partial charge in [-0.15, -0.1) is 0 Å². The van der Waals surface area contributed by atoms with Gasteiger partial charge in [-0.1, -0.05) is 0 Å². The van der Waals surface area contributed by atoms with E-state index in [1.165, 1.54) is 12.8 Å². The van der Waals surface area contributed by atoms with E-state index in [4.69, 9.17) is 0 Å². The van der Waals surface area contributed by atoms with E-state index < -0.39 is 0 Å². The van der Waals surface area contributed by atoms with Crippen LogP contribution in [0, 0.1) is 5.41 Å². The Balaban J connectivity index is 2.06. The third kappa shape index (κ3) is 1.54. The van der Waals surface area contributed by atoms with Crippen molar-refractivity contribution >= 4 is 5.91 Å². The molecular weight excluding hydrogens is 176 g/mol. The molecule has 0 aliphatic carbocycles. The van der Waals surface area contributed by atoms with Crippen LogP contribution in [-0.4, -0.2) is 36.5 Å². The van der Waals surface area contributed by atoms with Crippen molar-refractivity contribution < 1.29 is 4.79 Å². The Labute approximate surface area is 85.8 Å². The second kappa shape index (κ2) is 3.54. The lowest BCUT2D eigenvalue weighted by atomic mass is 9.88. The molecule has 2 atom stereocenters. The average molecular weight is 196 g/mol. The van der Waals surface area contributed by atoms with Gasteiger partial charge in [0.15, 0.2) is 0 Å². The van der Waals surface area contributed by atoms with Crippen LogP contribution in [0.5, 0.6) is 0 Å². The highest BCUT2D eigenvalue weighted by Crippen LogP contribution is 2.30. The van der Waals surface area contributed by atoms with Crippen LogP contribution in [-0.2, 0) is 4.79 Å². The van der Waals surface area contributed by atoms with Crippen LogP contribution in [0.15, 0.2) is 0 Å². The van der Waals surface area contributed by atoms with Crippen molar-refractivity contribution in [3.05, 3.63) is 0 Å².